The number of para-hydroxylation sites is 2. The predicted molar refractivity (Wildman–Crippen MR) is 125 cm³/mol. The van der Waals surface area contributed by atoms with Gasteiger partial charge in [0.25, 0.3) is 11.8 Å². The lowest BCUT2D eigenvalue weighted by atomic mass is 10.1. The summed E-state index contributed by atoms with van der Waals surface area (Å²) in [5.74, 6) is -0.737. The lowest BCUT2D eigenvalue weighted by Gasteiger charge is -2.08. The van der Waals surface area contributed by atoms with Crippen molar-refractivity contribution in [1.29, 1.82) is 0 Å². The van der Waals surface area contributed by atoms with Crippen LogP contribution in [-0.2, 0) is 10.5 Å². The Labute approximate surface area is 193 Å². The highest BCUT2D eigenvalue weighted by atomic mass is 32.2. The van der Waals surface area contributed by atoms with E-state index in [4.69, 9.17) is 0 Å². The number of amides is 2. The van der Waals surface area contributed by atoms with E-state index in [-0.39, 0.29) is 0 Å². The number of hydrogen-bond acceptors (Lipinski definition) is 6. The van der Waals surface area contributed by atoms with E-state index in [0.29, 0.717) is 22.4 Å². The molecule has 0 aliphatic rings. The molecular weight excluding hydrogens is 440 g/mol. The average Bonchev–Trinajstić information content (AvgIpc) is 3.29. The number of rotatable bonds is 6. The zero-order valence-electron chi connectivity index (χ0n) is 17.6. The van der Waals surface area contributed by atoms with Gasteiger partial charge >= 0.3 is 5.97 Å². The lowest BCUT2D eigenvalue weighted by Crippen LogP contribution is -2.41. The third-order valence-corrected chi connectivity index (χ3v) is 5.76. The highest BCUT2D eigenvalue weighted by Crippen LogP contribution is 2.23. The number of H-pyrrole nitrogens is 1. The summed E-state index contributed by atoms with van der Waals surface area (Å²) in [6.07, 6.45) is 0. The molecule has 0 saturated heterocycles. The summed E-state index contributed by atoms with van der Waals surface area (Å²) < 4.78 is 4.62. The molecular formula is C24H20N4O4S. The summed E-state index contributed by atoms with van der Waals surface area (Å²) in [5.41, 5.74) is 8.74. The van der Waals surface area contributed by atoms with Crippen molar-refractivity contribution in [2.45, 2.75) is 10.9 Å². The Bertz CT molecular complexity index is 1270. The maximum atomic E-state index is 12.3. The highest BCUT2D eigenvalue weighted by molar-refractivity contribution is 7.98. The number of hydrazine groups is 1. The van der Waals surface area contributed by atoms with Gasteiger partial charge in [0.15, 0.2) is 5.16 Å². The van der Waals surface area contributed by atoms with Crippen molar-refractivity contribution in [3.05, 3.63) is 95.1 Å². The Morgan fingerprint density at radius 1 is 0.848 bits per heavy atom. The van der Waals surface area contributed by atoms with Crippen LogP contribution in [0.2, 0.25) is 0 Å². The fourth-order valence-corrected chi connectivity index (χ4v) is 3.88. The molecule has 3 N–H and O–H groups in total. The van der Waals surface area contributed by atoms with Crippen molar-refractivity contribution < 1.29 is 19.1 Å². The van der Waals surface area contributed by atoms with Crippen molar-refractivity contribution in [1.82, 2.24) is 20.8 Å². The van der Waals surface area contributed by atoms with Crippen molar-refractivity contribution in [3.8, 4) is 0 Å². The number of thioether (sulfide) groups is 1. The van der Waals surface area contributed by atoms with Gasteiger partial charge in [-0.1, -0.05) is 36.0 Å². The van der Waals surface area contributed by atoms with Crippen LogP contribution in [0.15, 0.2) is 78.0 Å². The second-order valence-corrected chi connectivity index (χ2v) is 7.99. The largest absolute Gasteiger partial charge is 0.465 e. The van der Waals surface area contributed by atoms with Gasteiger partial charge in [0.1, 0.15) is 0 Å². The van der Waals surface area contributed by atoms with Crippen LogP contribution in [0.1, 0.15) is 36.6 Å². The summed E-state index contributed by atoms with van der Waals surface area (Å²) in [6.45, 7) is 0. The van der Waals surface area contributed by atoms with Gasteiger partial charge in [-0.05, 0) is 54.1 Å². The molecule has 1 heterocycles. The maximum Gasteiger partial charge on any atom is 0.337 e. The molecule has 4 rings (SSSR count). The number of fused-ring (bicyclic) bond motifs is 1. The first kappa shape index (κ1) is 22.1. The molecule has 1 aromatic heterocycles. The van der Waals surface area contributed by atoms with E-state index in [9.17, 15) is 14.4 Å². The zero-order chi connectivity index (χ0) is 23.2. The normalized spacial score (nSPS) is 10.6. The number of carbonyl (C=O) groups is 3. The first-order chi connectivity index (χ1) is 16.0. The van der Waals surface area contributed by atoms with Gasteiger partial charge in [0, 0.05) is 16.9 Å². The molecule has 0 radical (unpaired) electrons. The van der Waals surface area contributed by atoms with Crippen molar-refractivity contribution >= 4 is 40.6 Å². The Kier molecular flexibility index (Phi) is 6.70. The van der Waals surface area contributed by atoms with Gasteiger partial charge in [-0.3, -0.25) is 20.4 Å². The topological polar surface area (TPSA) is 113 Å². The van der Waals surface area contributed by atoms with E-state index in [2.05, 4.69) is 25.6 Å². The summed E-state index contributed by atoms with van der Waals surface area (Å²) in [4.78, 5) is 43.8. The minimum Gasteiger partial charge on any atom is -0.465 e. The minimum absolute atomic E-state index is 0.293. The van der Waals surface area contributed by atoms with Crippen LogP contribution in [0.5, 0.6) is 0 Å². The molecule has 33 heavy (non-hydrogen) atoms. The summed E-state index contributed by atoms with van der Waals surface area (Å²) in [7, 11) is 1.28. The quantitative estimate of drug-likeness (QED) is 0.230. The number of nitrogens with zero attached hydrogens (tertiary/aromatic N) is 1. The van der Waals surface area contributed by atoms with E-state index < -0.39 is 17.8 Å². The van der Waals surface area contributed by atoms with Crippen molar-refractivity contribution in [2.24, 2.45) is 0 Å². The molecule has 0 atom stereocenters. The first-order valence-electron chi connectivity index (χ1n) is 9.99. The van der Waals surface area contributed by atoms with Gasteiger partial charge < -0.3 is 9.72 Å². The number of esters is 1. The molecule has 4 aromatic rings. The third kappa shape index (κ3) is 5.39. The number of aromatic amines is 1. The van der Waals surface area contributed by atoms with Crippen LogP contribution in [-0.4, -0.2) is 34.9 Å². The van der Waals surface area contributed by atoms with E-state index in [1.54, 1.807) is 23.9 Å². The molecule has 0 fully saturated rings. The Hall–Kier alpha value is -4.11. The summed E-state index contributed by atoms with van der Waals surface area (Å²) in [5, 5.41) is 0.834. The Morgan fingerprint density at radius 2 is 1.42 bits per heavy atom. The number of ether oxygens (including phenoxy) is 1. The molecule has 0 bridgehead atoms. The molecule has 3 aromatic carbocycles. The molecule has 0 spiro atoms. The van der Waals surface area contributed by atoms with Crippen LogP contribution in [0.25, 0.3) is 11.0 Å². The Morgan fingerprint density at radius 3 is 2.03 bits per heavy atom. The van der Waals surface area contributed by atoms with Gasteiger partial charge in [-0.2, -0.15) is 0 Å². The van der Waals surface area contributed by atoms with E-state index in [0.717, 1.165) is 21.8 Å². The number of nitrogens with one attached hydrogen (secondary N) is 3. The molecule has 0 aliphatic carbocycles. The SMILES string of the molecule is COC(=O)c1ccc(C(=O)NNC(=O)c2ccc(CSc3nc4ccccc4[nH]3)cc2)cc1. The Balaban J connectivity index is 1.28. The second-order valence-electron chi connectivity index (χ2n) is 7.02. The summed E-state index contributed by atoms with van der Waals surface area (Å²) >= 11 is 1.58. The van der Waals surface area contributed by atoms with Crippen LogP contribution >= 0.6 is 11.8 Å². The molecule has 9 heteroatoms. The van der Waals surface area contributed by atoms with Gasteiger partial charge in [0.05, 0.1) is 23.7 Å². The number of aromatic nitrogens is 2. The fourth-order valence-electron chi connectivity index (χ4n) is 3.04. The van der Waals surface area contributed by atoms with E-state index in [1.165, 1.54) is 31.4 Å². The monoisotopic (exact) mass is 460 g/mol. The van der Waals surface area contributed by atoms with Gasteiger partial charge in [0.2, 0.25) is 0 Å². The molecule has 0 unspecified atom stereocenters. The van der Waals surface area contributed by atoms with Crippen LogP contribution in [0, 0.1) is 0 Å². The first-order valence-corrected chi connectivity index (χ1v) is 11.0. The van der Waals surface area contributed by atoms with E-state index >= 15 is 0 Å². The molecule has 0 aliphatic heterocycles. The maximum absolute atomic E-state index is 12.3. The standard InChI is InChI=1S/C24H20N4O4S/c1-32-23(31)18-12-10-17(11-13-18)22(30)28-27-21(29)16-8-6-15(7-9-16)14-33-24-25-19-4-2-3-5-20(19)26-24/h2-13H,14H2,1H3,(H,25,26)(H,27,29)(H,28,30). The number of hydrogen-bond donors (Lipinski definition) is 3. The zero-order valence-corrected chi connectivity index (χ0v) is 18.4. The number of imidazole rings is 1. The van der Waals surface area contributed by atoms with Gasteiger partial charge in [-0.25, -0.2) is 9.78 Å². The average molecular weight is 461 g/mol. The van der Waals surface area contributed by atoms with Crippen LogP contribution < -0.4 is 10.9 Å². The molecule has 8 nitrogen and oxygen atoms in total. The van der Waals surface area contributed by atoms with Crippen molar-refractivity contribution in [3.63, 3.8) is 0 Å². The third-order valence-electron chi connectivity index (χ3n) is 4.82. The van der Waals surface area contributed by atoms with Gasteiger partial charge in [-0.15, -0.1) is 0 Å². The smallest absolute Gasteiger partial charge is 0.337 e. The number of methoxy groups -OCH3 is 1. The lowest BCUT2D eigenvalue weighted by molar-refractivity contribution is 0.0600. The fraction of sp³-hybridized carbons (Fsp3) is 0.0833. The van der Waals surface area contributed by atoms with E-state index in [1.807, 2.05) is 36.4 Å². The number of benzene rings is 3. The van der Waals surface area contributed by atoms with Crippen molar-refractivity contribution in [2.75, 3.05) is 7.11 Å². The summed E-state index contributed by atoms with van der Waals surface area (Å²) in [6, 6.07) is 20.9. The molecule has 0 saturated carbocycles. The molecule has 166 valence electrons. The predicted octanol–water partition coefficient (Wildman–Crippen LogP) is 3.72. The van der Waals surface area contributed by atoms with Crippen LogP contribution in [0.4, 0.5) is 0 Å². The molecule has 2 amide bonds. The van der Waals surface area contributed by atoms with Crippen LogP contribution in [0.3, 0.4) is 0 Å². The second kappa shape index (κ2) is 10.0. The highest BCUT2D eigenvalue weighted by Gasteiger charge is 2.11. The number of carbonyl (C=O) groups excluding carboxylic acids is 3. The minimum atomic E-state index is -0.501.